The number of nitrogens with zero attached hydrogens (tertiary/aromatic N) is 3. The molecule has 1 aromatic heterocycles. The summed E-state index contributed by atoms with van der Waals surface area (Å²) in [5.74, 6) is -0.208. The van der Waals surface area contributed by atoms with Crippen LogP contribution >= 0.6 is 11.6 Å². The van der Waals surface area contributed by atoms with Gasteiger partial charge >= 0.3 is 6.18 Å². The van der Waals surface area contributed by atoms with Crippen molar-refractivity contribution in [3.63, 3.8) is 0 Å². The van der Waals surface area contributed by atoms with Gasteiger partial charge in [-0.2, -0.15) is 17.5 Å². The summed E-state index contributed by atoms with van der Waals surface area (Å²) in [5.41, 5.74) is -0.0820. The van der Waals surface area contributed by atoms with Crippen LogP contribution in [0.15, 0.2) is 66.1 Å². The zero-order valence-electron chi connectivity index (χ0n) is 18.6. The molecule has 34 heavy (non-hydrogen) atoms. The Balaban J connectivity index is 1.62. The van der Waals surface area contributed by atoms with Crippen LogP contribution in [0.1, 0.15) is 29.5 Å². The molecule has 0 saturated carbocycles. The van der Waals surface area contributed by atoms with Gasteiger partial charge in [0.05, 0.1) is 11.9 Å². The molecule has 11 heteroatoms. The van der Waals surface area contributed by atoms with Gasteiger partial charge in [0.2, 0.25) is 0 Å². The summed E-state index contributed by atoms with van der Waals surface area (Å²) in [5, 5.41) is 3.35. The number of benzene rings is 2. The number of halogens is 4. The fraction of sp³-hybridized carbons (Fsp3) is 0.348. The van der Waals surface area contributed by atoms with Gasteiger partial charge in [0, 0.05) is 49.4 Å². The first-order chi connectivity index (χ1) is 15.9. The van der Waals surface area contributed by atoms with Crippen molar-refractivity contribution in [3.8, 4) is 0 Å². The minimum Gasteiger partial charge on any atom is -0.339 e. The Kier molecular flexibility index (Phi) is 6.54. The van der Waals surface area contributed by atoms with Crippen LogP contribution in [0.25, 0.3) is 0 Å². The summed E-state index contributed by atoms with van der Waals surface area (Å²) < 4.78 is 68.5. The third-order valence-corrected chi connectivity index (χ3v) is 8.26. The van der Waals surface area contributed by atoms with E-state index in [0.717, 1.165) is 17.7 Å². The summed E-state index contributed by atoms with van der Waals surface area (Å²) in [6.07, 6.45) is -1.59. The minimum absolute atomic E-state index is 0.00172. The first kappa shape index (κ1) is 24.7. The van der Waals surface area contributed by atoms with E-state index in [1.165, 1.54) is 22.9 Å². The standard InChI is InChI=1S/C23H24ClF3N4O2S/c1-22(29-11-17-8-9-18(10-20(17)24)23(25,26)27)14-31(12-19(22)16-6-4-3-5-7-16)34(32,33)21-13-30(2)15-28-21/h3-10,13,15,19,29H,11-12,14H2,1-2H3/t19-,22+/m1/s1. The van der Waals surface area contributed by atoms with E-state index in [4.69, 9.17) is 11.6 Å². The van der Waals surface area contributed by atoms with Gasteiger partial charge in [-0.1, -0.05) is 48.0 Å². The molecule has 1 N–H and O–H groups in total. The van der Waals surface area contributed by atoms with E-state index < -0.39 is 27.3 Å². The highest BCUT2D eigenvalue weighted by Gasteiger charge is 2.48. The van der Waals surface area contributed by atoms with Crippen molar-refractivity contribution in [2.24, 2.45) is 7.05 Å². The van der Waals surface area contributed by atoms with Crippen LogP contribution in [0.4, 0.5) is 13.2 Å². The molecule has 0 amide bonds. The van der Waals surface area contributed by atoms with Crippen molar-refractivity contribution in [1.29, 1.82) is 0 Å². The SMILES string of the molecule is Cn1cnc(S(=O)(=O)N2C[C@H](c3ccccc3)[C@@](C)(NCc3ccc(C(F)(F)F)cc3Cl)C2)c1. The van der Waals surface area contributed by atoms with Gasteiger partial charge in [-0.05, 0) is 30.2 Å². The van der Waals surface area contributed by atoms with Gasteiger partial charge in [-0.15, -0.1) is 0 Å². The third-order valence-electron chi connectivity index (χ3n) is 6.21. The molecule has 0 radical (unpaired) electrons. The lowest BCUT2D eigenvalue weighted by Gasteiger charge is -2.32. The molecule has 2 aromatic carbocycles. The summed E-state index contributed by atoms with van der Waals surface area (Å²) in [6.45, 7) is 2.47. The van der Waals surface area contributed by atoms with E-state index in [2.05, 4.69) is 10.3 Å². The second-order valence-electron chi connectivity index (χ2n) is 8.71. The highest BCUT2D eigenvalue weighted by Crippen LogP contribution is 2.39. The number of imidazole rings is 1. The Morgan fingerprint density at radius 2 is 1.91 bits per heavy atom. The average molecular weight is 513 g/mol. The van der Waals surface area contributed by atoms with Crippen LogP contribution in [-0.2, 0) is 29.8 Å². The number of nitrogens with one attached hydrogen (secondary N) is 1. The van der Waals surface area contributed by atoms with E-state index in [9.17, 15) is 21.6 Å². The van der Waals surface area contributed by atoms with Gasteiger partial charge < -0.3 is 9.88 Å². The number of sulfonamides is 1. The quantitative estimate of drug-likeness (QED) is 0.530. The van der Waals surface area contributed by atoms with Gasteiger partial charge in [-0.3, -0.25) is 0 Å². The lowest BCUT2D eigenvalue weighted by molar-refractivity contribution is -0.137. The summed E-state index contributed by atoms with van der Waals surface area (Å²) >= 11 is 6.15. The highest BCUT2D eigenvalue weighted by atomic mass is 35.5. The maximum absolute atomic E-state index is 13.3. The molecule has 4 rings (SSSR count). The van der Waals surface area contributed by atoms with Gasteiger partial charge in [0.15, 0.2) is 5.03 Å². The van der Waals surface area contributed by atoms with Crippen molar-refractivity contribution >= 4 is 21.6 Å². The number of hydrogen-bond donors (Lipinski definition) is 1. The fourth-order valence-electron chi connectivity index (χ4n) is 4.29. The largest absolute Gasteiger partial charge is 0.416 e. The van der Waals surface area contributed by atoms with Crippen LogP contribution in [-0.4, -0.2) is 40.9 Å². The molecule has 0 aliphatic carbocycles. The first-order valence-electron chi connectivity index (χ1n) is 10.5. The average Bonchev–Trinajstić information content (AvgIpc) is 3.37. The third kappa shape index (κ3) is 4.86. The summed E-state index contributed by atoms with van der Waals surface area (Å²) in [4.78, 5) is 4.01. The van der Waals surface area contributed by atoms with Gasteiger partial charge in [0.1, 0.15) is 0 Å². The van der Waals surface area contributed by atoms with Crippen LogP contribution in [0.2, 0.25) is 5.02 Å². The molecule has 1 fully saturated rings. The molecule has 1 aliphatic rings. The molecule has 3 aromatic rings. The van der Waals surface area contributed by atoms with Crippen LogP contribution in [0.5, 0.6) is 0 Å². The Hall–Kier alpha value is -2.40. The highest BCUT2D eigenvalue weighted by molar-refractivity contribution is 7.89. The lowest BCUT2D eigenvalue weighted by Crippen LogP contribution is -2.48. The molecule has 182 valence electrons. The molecule has 0 unspecified atom stereocenters. The Bertz CT molecular complexity index is 1280. The van der Waals surface area contributed by atoms with Gasteiger partial charge in [0.25, 0.3) is 10.0 Å². The van der Waals surface area contributed by atoms with Crippen molar-refractivity contribution in [3.05, 3.63) is 82.8 Å². The number of aromatic nitrogens is 2. The molecule has 2 heterocycles. The number of aryl methyl sites for hydroxylation is 1. The Morgan fingerprint density at radius 1 is 1.21 bits per heavy atom. The zero-order valence-corrected chi connectivity index (χ0v) is 20.1. The van der Waals surface area contributed by atoms with E-state index in [0.29, 0.717) is 5.56 Å². The molecular weight excluding hydrogens is 489 g/mol. The Labute approximate surface area is 201 Å². The molecule has 0 spiro atoms. The maximum atomic E-state index is 13.3. The second kappa shape index (κ2) is 8.99. The van der Waals surface area contributed by atoms with Crippen LogP contribution < -0.4 is 5.32 Å². The summed E-state index contributed by atoms with van der Waals surface area (Å²) in [6, 6.07) is 12.8. The molecule has 1 saturated heterocycles. The second-order valence-corrected chi connectivity index (χ2v) is 11.0. The predicted octanol–water partition coefficient (Wildman–Crippen LogP) is 4.43. The van der Waals surface area contributed by atoms with Gasteiger partial charge in [-0.25, -0.2) is 13.4 Å². The molecule has 0 bridgehead atoms. The number of hydrogen-bond acceptors (Lipinski definition) is 4. The predicted molar refractivity (Wildman–Crippen MR) is 123 cm³/mol. The van der Waals surface area contributed by atoms with E-state index in [1.54, 1.807) is 11.6 Å². The zero-order chi connectivity index (χ0) is 24.7. The Morgan fingerprint density at radius 3 is 2.50 bits per heavy atom. The molecule has 6 nitrogen and oxygen atoms in total. The fourth-order valence-corrected chi connectivity index (χ4v) is 6.06. The van der Waals surface area contributed by atoms with E-state index in [-0.39, 0.29) is 35.6 Å². The smallest absolute Gasteiger partial charge is 0.339 e. The normalized spacial score (nSPS) is 21.8. The summed E-state index contributed by atoms with van der Waals surface area (Å²) in [7, 11) is -2.14. The number of alkyl halides is 3. The maximum Gasteiger partial charge on any atom is 0.416 e. The minimum atomic E-state index is -4.48. The first-order valence-corrected chi connectivity index (χ1v) is 12.4. The topological polar surface area (TPSA) is 67.2 Å². The van der Waals surface area contributed by atoms with Crippen molar-refractivity contribution < 1.29 is 21.6 Å². The van der Waals surface area contributed by atoms with Crippen LogP contribution in [0.3, 0.4) is 0 Å². The molecular formula is C23H24ClF3N4O2S. The lowest BCUT2D eigenvalue weighted by atomic mass is 9.83. The van der Waals surface area contributed by atoms with E-state index >= 15 is 0 Å². The molecule has 2 atom stereocenters. The van der Waals surface area contributed by atoms with E-state index in [1.807, 2.05) is 37.3 Å². The monoisotopic (exact) mass is 512 g/mol. The van der Waals surface area contributed by atoms with Crippen molar-refractivity contribution in [2.75, 3.05) is 13.1 Å². The van der Waals surface area contributed by atoms with Crippen LogP contribution in [0, 0.1) is 0 Å². The number of rotatable bonds is 6. The molecule has 1 aliphatic heterocycles. The van der Waals surface area contributed by atoms with Crippen molar-refractivity contribution in [1.82, 2.24) is 19.2 Å². The van der Waals surface area contributed by atoms with Crippen molar-refractivity contribution in [2.45, 2.75) is 36.1 Å².